The summed E-state index contributed by atoms with van der Waals surface area (Å²) in [7, 11) is 0. The fourth-order valence-corrected chi connectivity index (χ4v) is 1.59. The van der Waals surface area contributed by atoms with E-state index in [4.69, 9.17) is 5.11 Å². The largest absolute Gasteiger partial charge is 0.507 e. The molecule has 1 aromatic rings. The number of benzene rings is 1. The number of carboxylic acid groups (broad SMARTS) is 1. The number of hydrogen-bond acceptors (Lipinski definition) is 3. The highest BCUT2D eigenvalue weighted by molar-refractivity contribution is 5.97. The Hall–Kier alpha value is -2.04. The highest BCUT2D eigenvalue weighted by atomic mass is 16.4. The van der Waals surface area contributed by atoms with Crippen LogP contribution in [0, 0.1) is 0 Å². The number of carbonyl (C=O) groups is 2. The average molecular weight is 207 g/mol. The second-order valence-electron chi connectivity index (χ2n) is 3.38. The van der Waals surface area contributed by atoms with E-state index in [9.17, 15) is 14.7 Å². The maximum atomic E-state index is 11.0. The highest BCUT2D eigenvalue weighted by Gasteiger charge is 2.19. The first-order valence-corrected chi connectivity index (χ1v) is 4.47. The summed E-state index contributed by atoms with van der Waals surface area (Å²) < 4.78 is 0. The van der Waals surface area contributed by atoms with E-state index in [1.165, 1.54) is 12.1 Å². The number of anilines is 1. The van der Waals surface area contributed by atoms with Crippen LogP contribution in [0.2, 0.25) is 0 Å². The second kappa shape index (κ2) is 3.27. The van der Waals surface area contributed by atoms with Gasteiger partial charge in [-0.2, -0.15) is 0 Å². The Labute approximate surface area is 85.3 Å². The number of amides is 1. The van der Waals surface area contributed by atoms with Crippen LogP contribution in [-0.2, 0) is 11.2 Å². The average Bonchev–Trinajstić information content (AvgIpc) is 2.15. The fourth-order valence-electron chi connectivity index (χ4n) is 1.59. The van der Waals surface area contributed by atoms with Gasteiger partial charge in [0.15, 0.2) is 0 Å². The van der Waals surface area contributed by atoms with E-state index in [1.807, 2.05) is 0 Å². The van der Waals surface area contributed by atoms with Crippen molar-refractivity contribution >= 4 is 17.6 Å². The number of aryl methyl sites for hydroxylation is 1. The molecule has 0 aliphatic carbocycles. The summed E-state index contributed by atoms with van der Waals surface area (Å²) in [6.07, 6.45) is 0.846. The SMILES string of the molecule is O=C1CCc2cc(C(=O)O)c(O)cc2N1. The Balaban J connectivity index is 2.50. The molecule has 1 aromatic carbocycles. The Morgan fingerprint density at radius 1 is 1.33 bits per heavy atom. The third-order valence-corrected chi connectivity index (χ3v) is 2.35. The van der Waals surface area contributed by atoms with Crippen molar-refractivity contribution in [2.75, 3.05) is 5.32 Å². The van der Waals surface area contributed by atoms with Gasteiger partial charge in [0.1, 0.15) is 11.3 Å². The smallest absolute Gasteiger partial charge is 0.339 e. The molecule has 1 amide bonds. The predicted molar refractivity (Wildman–Crippen MR) is 52.0 cm³/mol. The van der Waals surface area contributed by atoms with Crippen LogP contribution >= 0.6 is 0 Å². The first kappa shape index (κ1) is 9.51. The molecule has 3 N–H and O–H groups in total. The van der Waals surface area contributed by atoms with E-state index in [0.29, 0.717) is 18.5 Å². The van der Waals surface area contributed by atoms with Crippen LogP contribution in [0.3, 0.4) is 0 Å². The standard InChI is InChI=1S/C10H9NO4/c12-8-4-7-5(1-2-9(13)11-7)3-6(8)10(14)15/h3-4,12H,1-2H2,(H,11,13)(H,14,15). The number of carboxylic acids is 1. The molecule has 2 rings (SSSR count). The maximum absolute atomic E-state index is 11.0. The number of phenols is 1. The van der Waals surface area contributed by atoms with E-state index >= 15 is 0 Å². The summed E-state index contributed by atoms with van der Waals surface area (Å²) >= 11 is 0. The first-order valence-electron chi connectivity index (χ1n) is 4.47. The molecule has 0 saturated heterocycles. The van der Waals surface area contributed by atoms with Crippen LogP contribution in [0.4, 0.5) is 5.69 Å². The predicted octanol–water partition coefficient (Wildman–Crippen LogP) is 0.975. The quantitative estimate of drug-likeness (QED) is 0.640. The Morgan fingerprint density at radius 3 is 2.73 bits per heavy atom. The lowest BCUT2D eigenvalue weighted by atomic mass is 10.00. The van der Waals surface area contributed by atoms with E-state index in [0.717, 1.165) is 5.56 Å². The van der Waals surface area contributed by atoms with Gasteiger partial charge in [-0.25, -0.2) is 4.79 Å². The van der Waals surface area contributed by atoms with Gasteiger partial charge in [-0.15, -0.1) is 0 Å². The minimum atomic E-state index is -1.17. The third kappa shape index (κ3) is 1.63. The van der Waals surface area contributed by atoms with Crippen molar-refractivity contribution in [3.63, 3.8) is 0 Å². The second-order valence-corrected chi connectivity index (χ2v) is 3.38. The molecule has 1 aliphatic heterocycles. The molecule has 0 bridgehead atoms. The number of fused-ring (bicyclic) bond motifs is 1. The summed E-state index contributed by atoms with van der Waals surface area (Å²) in [4.78, 5) is 21.8. The molecule has 0 atom stereocenters. The van der Waals surface area contributed by atoms with Crippen LogP contribution in [0.1, 0.15) is 22.3 Å². The van der Waals surface area contributed by atoms with Crippen LogP contribution in [0.5, 0.6) is 5.75 Å². The van der Waals surface area contributed by atoms with Gasteiger partial charge in [0.25, 0.3) is 0 Å². The van der Waals surface area contributed by atoms with Crippen LogP contribution < -0.4 is 5.32 Å². The lowest BCUT2D eigenvalue weighted by Gasteiger charge is -2.17. The van der Waals surface area contributed by atoms with E-state index in [2.05, 4.69) is 5.32 Å². The van der Waals surface area contributed by atoms with Gasteiger partial charge in [-0.1, -0.05) is 0 Å². The lowest BCUT2D eigenvalue weighted by Crippen LogP contribution is -2.19. The number of nitrogens with one attached hydrogen (secondary N) is 1. The van der Waals surface area contributed by atoms with Crippen molar-refractivity contribution in [3.8, 4) is 5.75 Å². The summed E-state index contributed by atoms with van der Waals surface area (Å²) in [6, 6.07) is 2.67. The summed E-state index contributed by atoms with van der Waals surface area (Å²) in [6.45, 7) is 0. The molecular weight excluding hydrogens is 198 g/mol. The van der Waals surface area contributed by atoms with Crippen LogP contribution in [0.25, 0.3) is 0 Å². The van der Waals surface area contributed by atoms with Crippen LogP contribution in [0.15, 0.2) is 12.1 Å². The minimum absolute atomic E-state index is 0.120. The van der Waals surface area contributed by atoms with Crippen molar-refractivity contribution in [1.82, 2.24) is 0 Å². The van der Waals surface area contributed by atoms with Crippen molar-refractivity contribution in [2.45, 2.75) is 12.8 Å². The highest BCUT2D eigenvalue weighted by Crippen LogP contribution is 2.29. The zero-order valence-electron chi connectivity index (χ0n) is 7.78. The zero-order valence-corrected chi connectivity index (χ0v) is 7.78. The maximum Gasteiger partial charge on any atom is 0.339 e. The van der Waals surface area contributed by atoms with Crippen molar-refractivity contribution in [1.29, 1.82) is 0 Å². The number of hydrogen-bond donors (Lipinski definition) is 3. The fraction of sp³-hybridized carbons (Fsp3) is 0.200. The van der Waals surface area contributed by atoms with E-state index < -0.39 is 5.97 Å². The van der Waals surface area contributed by atoms with Crippen LogP contribution in [-0.4, -0.2) is 22.1 Å². The molecule has 0 spiro atoms. The molecule has 0 saturated carbocycles. The Kier molecular flexibility index (Phi) is 2.07. The van der Waals surface area contributed by atoms with Crippen molar-refractivity contribution < 1.29 is 19.8 Å². The molecule has 0 unspecified atom stereocenters. The number of aromatic carboxylic acids is 1. The molecule has 1 aliphatic rings. The summed E-state index contributed by atoms with van der Waals surface area (Å²) in [5.41, 5.74) is 1.10. The van der Waals surface area contributed by atoms with Gasteiger partial charge in [0.05, 0.1) is 0 Å². The van der Waals surface area contributed by atoms with E-state index in [-0.39, 0.29) is 17.2 Å². The topological polar surface area (TPSA) is 86.6 Å². The van der Waals surface area contributed by atoms with Gasteiger partial charge in [-0.05, 0) is 18.1 Å². The molecule has 1 heterocycles. The lowest BCUT2D eigenvalue weighted by molar-refractivity contribution is -0.116. The summed E-state index contributed by atoms with van der Waals surface area (Å²) in [5.74, 6) is -1.62. The van der Waals surface area contributed by atoms with Gasteiger partial charge in [0, 0.05) is 18.2 Å². The molecule has 78 valence electrons. The molecule has 0 radical (unpaired) electrons. The van der Waals surface area contributed by atoms with Gasteiger partial charge in [-0.3, -0.25) is 4.79 Å². The Bertz CT molecular complexity index is 453. The van der Waals surface area contributed by atoms with Gasteiger partial charge in [0.2, 0.25) is 5.91 Å². The number of carbonyl (C=O) groups excluding carboxylic acids is 1. The van der Waals surface area contributed by atoms with E-state index in [1.54, 1.807) is 0 Å². The molecule has 5 heteroatoms. The molecular formula is C10H9NO4. The number of aromatic hydroxyl groups is 1. The monoisotopic (exact) mass is 207 g/mol. The third-order valence-electron chi connectivity index (χ3n) is 2.35. The van der Waals surface area contributed by atoms with Crippen molar-refractivity contribution in [2.24, 2.45) is 0 Å². The molecule has 0 aromatic heterocycles. The van der Waals surface area contributed by atoms with Gasteiger partial charge >= 0.3 is 5.97 Å². The van der Waals surface area contributed by atoms with Gasteiger partial charge < -0.3 is 15.5 Å². The molecule has 0 fully saturated rings. The van der Waals surface area contributed by atoms with Crippen molar-refractivity contribution in [3.05, 3.63) is 23.3 Å². The summed E-state index contributed by atoms with van der Waals surface area (Å²) in [5, 5.41) is 20.7. The number of rotatable bonds is 1. The first-order chi connectivity index (χ1) is 7.08. The molecule has 15 heavy (non-hydrogen) atoms. The normalized spacial score (nSPS) is 14.3. The molecule has 5 nitrogen and oxygen atoms in total. The Morgan fingerprint density at radius 2 is 2.07 bits per heavy atom. The zero-order chi connectivity index (χ0) is 11.0. The minimum Gasteiger partial charge on any atom is -0.507 e.